The summed E-state index contributed by atoms with van der Waals surface area (Å²) in [5.41, 5.74) is 1.30. The van der Waals surface area contributed by atoms with Crippen LogP contribution in [0.3, 0.4) is 0 Å². The highest BCUT2D eigenvalue weighted by Crippen LogP contribution is 2.37. The van der Waals surface area contributed by atoms with Gasteiger partial charge in [-0.3, -0.25) is 14.6 Å². The molecule has 3 aromatic rings. The van der Waals surface area contributed by atoms with Gasteiger partial charge < -0.3 is 15.0 Å². The van der Waals surface area contributed by atoms with Gasteiger partial charge in [-0.1, -0.05) is 30.3 Å². The molecule has 0 spiro atoms. The summed E-state index contributed by atoms with van der Waals surface area (Å²) in [4.78, 5) is 32.7. The highest BCUT2D eigenvalue weighted by molar-refractivity contribution is 6.31. The number of rotatable bonds is 7. The predicted molar refractivity (Wildman–Crippen MR) is 115 cm³/mol. The molecule has 4 rings (SSSR count). The Hall–Kier alpha value is -3.58. The zero-order chi connectivity index (χ0) is 22.0. The van der Waals surface area contributed by atoms with Crippen LogP contribution in [0.15, 0.2) is 54.9 Å². The van der Waals surface area contributed by atoms with Crippen molar-refractivity contribution in [2.75, 3.05) is 32.5 Å². The van der Waals surface area contributed by atoms with Crippen molar-refractivity contribution in [3.8, 4) is 5.75 Å². The van der Waals surface area contributed by atoms with Crippen molar-refractivity contribution >= 4 is 17.3 Å². The Balaban J connectivity index is 1.71. The average molecular weight is 419 g/mol. The van der Waals surface area contributed by atoms with Crippen molar-refractivity contribution in [3.05, 3.63) is 88.5 Å². The first-order chi connectivity index (χ1) is 15.0. The van der Waals surface area contributed by atoms with Crippen LogP contribution in [0.4, 0.5) is 10.1 Å². The molecule has 0 bridgehead atoms. The molecule has 0 radical (unpaired) electrons. The summed E-state index contributed by atoms with van der Waals surface area (Å²) in [7, 11) is 3.85. The first-order valence-corrected chi connectivity index (χ1v) is 9.92. The molecule has 0 aliphatic heterocycles. The lowest BCUT2D eigenvalue weighted by atomic mass is 9.83. The number of carbonyl (C=O) groups is 2. The van der Waals surface area contributed by atoms with Crippen molar-refractivity contribution in [1.29, 1.82) is 0 Å². The van der Waals surface area contributed by atoms with Crippen molar-refractivity contribution < 1.29 is 18.7 Å². The summed E-state index contributed by atoms with van der Waals surface area (Å²) < 4.78 is 20.5. The molecule has 0 amide bonds. The third kappa shape index (κ3) is 4.04. The zero-order valence-corrected chi connectivity index (χ0v) is 17.3. The lowest BCUT2D eigenvalue weighted by molar-refractivity contribution is 0.0972. The molecule has 1 N–H and O–H groups in total. The van der Waals surface area contributed by atoms with Gasteiger partial charge in [0.15, 0.2) is 5.78 Å². The maximum absolute atomic E-state index is 14.7. The minimum atomic E-state index is -0.733. The minimum absolute atomic E-state index is 0.0401. The maximum Gasteiger partial charge on any atom is 0.201 e. The van der Waals surface area contributed by atoms with Crippen molar-refractivity contribution in [2.24, 2.45) is 0 Å². The zero-order valence-electron chi connectivity index (χ0n) is 17.3. The second-order valence-corrected chi connectivity index (χ2v) is 7.57. The van der Waals surface area contributed by atoms with Gasteiger partial charge in [-0.25, -0.2) is 4.39 Å². The summed E-state index contributed by atoms with van der Waals surface area (Å²) in [5.74, 6) is -1.60. The van der Waals surface area contributed by atoms with Gasteiger partial charge in [0.05, 0.1) is 28.5 Å². The molecule has 7 heteroatoms. The molecule has 1 heterocycles. The van der Waals surface area contributed by atoms with Crippen LogP contribution in [0.2, 0.25) is 0 Å². The molecule has 1 aromatic heterocycles. The van der Waals surface area contributed by atoms with E-state index in [1.54, 1.807) is 0 Å². The molecule has 6 nitrogen and oxygen atoms in total. The van der Waals surface area contributed by atoms with Gasteiger partial charge in [0.1, 0.15) is 18.2 Å². The second kappa shape index (κ2) is 8.65. The van der Waals surface area contributed by atoms with Crippen LogP contribution >= 0.6 is 0 Å². The monoisotopic (exact) mass is 419 g/mol. The van der Waals surface area contributed by atoms with Gasteiger partial charge in [-0.05, 0) is 31.8 Å². The van der Waals surface area contributed by atoms with Crippen molar-refractivity contribution in [1.82, 2.24) is 9.88 Å². The fourth-order valence-corrected chi connectivity index (χ4v) is 3.55. The molecule has 0 fully saturated rings. The second-order valence-electron chi connectivity index (χ2n) is 7.57. The van der Waals surface area contributed by atoms with E-state index in [4.69, 9.17) is 4.74 Å². The first-order valence-electron chi connectivity index (χ1n) is 9.92. The van der Waals surface area contributed by atoms with Crippen LogP contribution in [0.5, 0.6) is 5.75 Å². The van der Waals surface area contributed by atoms with Gasteiger partial charge in [0, 0.05) is 25.0 Å². The number of ether oxygens (including phenoxy) is 1. The normalized spacial score (nSPS) is 12.5. The number of anilines is 1. The third-order valence-electron chi connectivity index (χ3n) is 5.10. The molecule has 158 valence electrons. The molecule has 1 aliphatic rings. The summed E-state index contributed by atoms with van der Waals surface area (Å²) in [6, 6.07) is 12.1. The Morgan fingerprint density at radius 2 is 1.74 bits per heavy atom. The molecule has 0 saturated heterocycles. The van der Waals surface area contributed by atoms with Crippen LogP contribution < -0.4 is 10.1 Å². The summed E-state index contributed by atoms with van der Waals surface area (Å²) in [6.07, 6.45) is 2.72. The quantitative estimate of drug-likeness (QED) is 0.494. The number of pyridine rings is 1. The average Bonchev–Trinajstić information content (AvgIpc) is 2.77. The Kier molecular flexibility index (Phi) is 5.77. The SMILES string of the molecule is CN(C)CCNc1ccc(F)c2c1C(=O)c1cncc(OCc3ccccc3)c1C2=O. The van der Waals surface area contributed by atoms with E-state index >= 15 is 0 Å². The molecule has 1 aliphatic carbocycles. The first kappa shape index (κ1) is 20.7. The van der Waals surface area contributed by atoms with E-state index in [-0.39, 0.29) is 34.6 Å². The van der Waals surface area contributed by atoms with E-state index in [0.29, 0.717) is 18.8 Å². The predicted octanol–water partition coefficient (Wildman–Crippen LogP) is 3.55. The smallest absolute Gasteiger partial charge is 0.201 e. The Labute approximate surface area is 179 Å². The number of benzene rings is 2. The number of likely N-dealkylation sites (N-methyl/N-ethyl adjacent to an activating group) is 1. The van der Waals surface area contributed by atoms with Crippen molar-refractivity contribution in [3.63, 3.8) is 0 Å². The molecule has 0 atom stereocenters. The number of nitrogens with zero attached hydrogens (tertiary/aromatic N) is 2. The highest BCUT2D eigenvalue weighted by Gasteiger charge is 2.37. The highest BCUT2D eigenvalue weighted by atomic mass is 19.1. The van der Waals surface area contributed by atoms with E-state index in [9.17, 15) is 14.0 Å². The topological polar surface area (TPSA) is 71.5 Å². The molecule has 2 aromatic carbocycles. The molecule has 31 heavy (non-hydrogen) atoms. The molecule has 0 unspecified atom stereocenters. The van der Waals surface area contributed by atoms with Crippen LogP contribution in [0.1, 0.15) is 37.4 Å². The number of hydrogen-bond donors (Lipinski definition) is 1. The van der Waals surface area contributed by atoms with Crippen LogP contribution in [0.25, 0.3) is 0 Å². The van der Waals surface area contributed by atoms with Gasteiger partial charge >= 0.3 is 0 Å². The molecule has 0 saturated carbocycles. The standard InChI is InChI=1S/C24H22FN3O3/c1-28(2)11-10-27-18-9-8-17(25)21-22(18)23(29)16-12-26-13-19(20(16)24(21)30)31-14-15-6-4-3-5-7-15/h3-9,12-13,27H,10-11,14H2,1-2H3. The minimum Gasteiger partial charge on any atom is -0.486 e. The van der Waals surface area contributed by atoms with E-state index in [2.05, 4.69) is 10.3 Å². The van der Waals surface area contributed by atoms with E-state index in [1.165, 1.54) is 24.5 Å². The summed E-state index contributed by atoms with van der Waals surface area (Å²) in [6.45, 7) is 1.45. The lowest BCUT2D eigenvalue weighted by Gasteiger charge is -2.23. The lowest BCUT2D eigenvalue weighted by Crippen LogP contribution is -2.26. The van der Waals surface area contributed by atoms with E-state index in [1.807, 2.05) is 49.3 Å². The van der Waals surface area contributed by atoms with Crippen LogP contribution in [0, 0.1) is 5.82 Å². The number of aromatic nitrogens is 1. The number of halogens is 1. The van der Waals surface area contributed by atoms with Gasteiger partial charge in [-0.15, -0.1) is 0 Å². The number of hydrogen-bond acceptors (Lipinski definition) is 6. The third-order valence-corrected chi connectivity index (χ3v) is 5.10. The Morgan fingerprint density at radius 3 is 2.48 bits per heavy atom. The van der Waals surface area contributed by atoms with Gasteiger partial charge in [0.25, 0.3) is 0 Å². The number of ketones is 2. The van der Waals surface area contributed by atoms with Crippen molar-refractivity contribution in [2.45, 2.75) is 6.61 Å². The Morgan fingerprint density at radius 1 is 0.968 bits per heavy atom. The molecular formula is C24H22FN3O3. The summed E-state index contributed by atoms with van der Waals surface area (Å²) >= 11 is 0. The van der Waals surface area contributed by atoms with Gasteiger partial charge in [0.2, 0.25) is 5.78 Å². The number of nitrogens with one attached hydrogen (secondary N) is 1. The van der Waals surface area contributed by atoms with Crippen LogP contribution in [-0.4, -0.2) is 48.6 Å². The van der Waals surface area contributed by atoms with E-state index < -0.39 is 17.4 Å². The fourth-order valence-electron chi connectivity index (χ4n) is 3.55. The van der Waals surface area contributed by atoms with Crippen LogP contribution in [-0.2, 0) is 6.61 Å². The molecular weight excluding hydrogens is 397 g/mol. The fraction of sp³-hybridized carbons (Fsp3) is 0.208. The largest absolute Gasteiger partial charge is 0.486 e. The maximum atomic E-state index is 14.7. The Bertz CT molecular complexity index is 1150. The number of carbonyl (C=O) groups excluding carboxylic acids is 2. The number of fused-ring (bicyclic) bond motifs is 2. The van der Waals surface area contributed by atoms with Gasteiger partial charge in [-0.2, -0.15) is 0 Å². The van der Waals surface area contributed by atoms with E-state index in [0.717, 1.165) is 5.56 Å². The summed E-state index contributed by atoms with van der Waals surface area (Å²) in [5, 5.41) is 3.14.